The Morgan fingerprint density at radius 1 is 0.852 bits per heavy atom. The molecule has 0 spiro atoms. The number of methoxy groups -OCH3 is 1. The highest BCUT2D eigenvalue weighted by Crippen LogP contribution is 2.25. The van der Waals surface area contributed by atoms with E-state index in [9.17, 15) is 4.79 Å². The molecule has 0 heterocycles. The van der Waals surface area contributed by atoms with Crippen LogP contribution in [0.15, 0.2) is 84.9 Å². The Morgan fingerprint density at radius 3 is 2.07 bits per heavy atom. The molecular formula is C23H22O4. The molecular weight excluding hydrogens is 340 g/mol. The molecule has 0 radical (unpaired) electrons. The predicted molar refractivity (Wildman–Crippen MR) is 103 cm³/mol. The summed E-state index contributed by atoms with van der Waals surface area (Å²) in [7, 11) is 1.60. The molecule has 3 rings (SSSR count). The third-order valence-corrected chi connectivity index (χ3v) is 4.11. The van der Waals surface area contributed by atoms with Crippen LogP contribution in [0.25, 0.3) is 0 Å². The first-order chi connectivity index (χ1) is 13.3. The largest absolute Gasteiger partial charge is 0.497 e. The van der Waals surface area contributed by atoms with Gasteiger partial charge in [0.25, 0.3) is 0 Å². The lowest BCUT2D eigenvalue weighted by molar-refractivity contribution is -0.151. The second-order valence-corrected chi connectivity index (χ2v) is 6.02. The summed E-state index contributed by atoms with van der Waals surface area (Å²) >= 11 is 0. The van der Waals surface area contributed by atoms with Crippen LogP contribution in [-0.2, 0) is 20.9 Å². The van der Waals surface area contributed by atoms with Gasteiger partial charge in [-0.1, -0.05) is 72.8 Å². The fraction of sp³-hybridized carbons (Fsp3) is 0.174. The number of hydrogen-bond donors (Lipinski definition) is 0. The van der Waals surface area contributed by atoms with Crippen LogP contribution in [0.1, 0.15) is 22.8 Å². The fourth-order valence-corrected chi connectivity index (χ4v) is 2.76. The summed E-state index contributed by atoms with van der Waals surface area (Å²) in [5, 5.41) is 0. The van der Waals surface area contributed by atoms with E-state index in [0.717, 1.165) is 22.4 Å². The first kappa shape index (κ1) is 18.7. The molecule has 4 nitrogen and oxygen atoms in total. The van der Waals surface area contributed by atoms with E-state index < -0.39 is 5.97 Å². The van der Waals surface area contributed by atoms with Crippen molar-refractivity contribution in [3.63, 3.8) is 0 Å². The quantitative estimate of drug-likeness (QED) is 0.552. The summed E-state index contributed by atoms with van der Waals surface area (Å²) < 4.78 is 16.4. The number of ether oxygens (including phenoxy) is 3. The Bertz CT molecular complexity index is 807. The Hall–Kier alpha value is -3.11. The minimum atomic E-state index is -0.408. The molecule has 0 atom stereocenters. The molecule has 3 aromatic rings. The van der Waals surface area contributed by atoms with Gasteiger partial charge in [0.15, 0.2) is 0 Å². The number of benzene rings is 3. The molecule has 138 valence electrons. The average molecular weight is 362 g/mol. The van der Waals surface area contributed by atoms with Crippen LogP contribution >= 0.6 is 0 Å². The topological polar surface area (TPSA) is 44.8 Å². The van der Waals surface area contributed by atoms with Gasteiger partial charge >= 0.3 is 5.97 Å². The average Bonchev–Trinajstić information content (AvgIpc) is 2.74. The van der Waals surface area contributed by atoms with Crippen LogP contribution in [0.4, 0.5) is 0 Å². The zero-order valence-electron chi connectivity index (χ0n) is 15.2. The summed E-state index contributed by atoms with van der Waals surface area (Å²) in [6, 6.07) is 27.1. The molecule has 27 heavy (non-hydrogen) atoms. The zero-order valence-corrected chi connectivity index (χ0v) is 15.2. The van der Waals surface area contributed by atoms with E-state index in [1.54, 1.807) is 7.11 Å². The first-order valence-corrected chi connectivity index (χ1v) is 8.76. The van der Waals surface area contributed by atoms with Gasteiger partial charge in [-0.3, -0.25) is 0 Å². The van der Waals surface area contributed by atoms with Gasteiger partial charge in [-0.05, 0) is 28.8 Å². The van der Waals surface area contributed by atoms with E-state index in [1.165, 1.54) is 0 Å². The fourth-order valence-electron chi connectivity index (χ4n) is 2.76. The molecule has 0 fully saturated rings. The van der Waals surface area contributed by atoms with Crippen LogP contribution in [0.2, 0.25) is 0 Å². The second kappa shape index (κ2) is 9.55. The van der Waals surface area contributed by atoms with E-state index in [1.807, 2.05) is 84.9 Å². The number of carbonyl (C=O) groups is 1. The Labute approximate surface area is 159 Å². The van der Waals surface area contributed by atoms with Gasteiger partial charge in [-0.2, -0.15) is 0 Å². The third-order valence-electron chi connectivity index (χ3n) is 4.11. The smallest absolute Gasteiger partial charge is 0.332 e. The van der Waals surface area contributed by atoms with Crippen LogP contribution in [0.5, 0.6) is 5.75 Å². The standard InChI is InChI=1S/C23H22O4/c1-25-21-14-8-9-18(15-21)16-26-22(24)17-27-23(19-10-4-2-5-11-19)20-12-6-3-7-13-20/h2-15,23H,16-17H2,1H3. The second-order valence-electron chi connectivity index (χ2n) is 6.02. The van der Waals surface area contributed by atoms with Crippen molar-refractivity contribution < 1.29 is 19.0 Å². The van der Waals surface area contributed by atoms with Crippen LogP contribution in [0.3, 0.4) is 0 Å². The van der Waals surface area contributed by atoms with Crippen molar-refractivity contribution in [3.8, 4) is 5.75 Å². The Morgan fingerprint density at radius 2 is 1.48 bits per heavy atom. The molecule has 0 aliphatic heterocycles. The van der Waals surface area contributed by atoms with Gasteiger partial charge < -0.3 is 14.2 Å². The molecule has 0 saturated carbocycles. The van der Waals surface area contributed by atoms with Crippen molar-refractivity contribution in [1.82, 2.24) is 0 Å². The highest BCUT2D eigenvalue weighted by atomic mass is 16.6. The molecule has 0 aromatic heterocycles. The predicted octanol–water partition coefficient (Wildman–Crippen LogP) is 4.54. The van der Waals surface area contributed by atoms with Crippen molar-refractivity contribution in [1.29, 1.82) is 0 Å². The molecule has 0 saturated heterocycles. The maximum absolute atomic E-state index is 12.2. The van der Waals surface area contributed by atoms with Gasteiger partial charge in [0.2, 0.25) is 0 Å². The van der Waals surface area contributed by atoms with Crippen LogP contribution < -0.4 is 4.74 Å². The maximum atomic E-state index is 12.2. The molecule has 3 aromatic carbocycles. The van der Waals surface area contributed by atoms with Crippen molar-refractivity contribution in [3.05, 3.63) is 102 Å². The van der Waals surface area contributed by atoms with Crippen molar-refractivity contribution >= 4 is 5.97 Å². The summed E-state index contributed by atoms with van der Waals surface area (Å²) in [6.07, 6.45) is -0.322. The SMILES string of the molecule is COc1cccc(COC(=O)COC(c2ccccc2)c2ccccc2)c1. The van der Waals surface area contributed by atoms with Crippen LogP contribution in [0, 0.1) is 0 Å². The normalized spacial score (nSPS) is 10.6. The van der Waals surface area contributed by atoms with Crippen molar-refractivity contribution in [2.75, 3.05) is 13.7 Å². The molecule has 0 bridgehead atoms. The highest BCUT2D eigenvalue weighted by Gasteiger charge is 2.16. The molecule has 0 aliphatic rings. The lowest BCUT2D eigenvalue weighted by Crippen LogP contribution is -2.16. The molecule has 0 unspecified atom stereocenters. The minimum Gasteiger partial charge on any atom is -0.497 e. The monoisotopic (exact) mass is 362 g/mol. The van der Waals surface area contributed by atoms with E-state index >= 15 is 0 Å². The van der Waals surface area contributed by atoms with Gasteiger partial charge in [0.1, 0.15) is 25.1 Å². The zero-order chi connectivity index (χ0) is 18.9. The lowest BCUT2D eigenvalue weighted by atomic mass is 10.0. The van der Waals surface area contributed by atoms with Gasteiger partial charge in [-0.15, -0.1) is 0 Å². The van der Waals surface area contributed by atoms with E-state index in [-0.39, 0.29) is 19.3 Å². The summed E-state index contributed by atoms with van der Waals surface area (Å²) in [5.74, 6) is 0.322. The Balaban J connectivity index is 1.60. The van der Waals surface area contributed by atoms with Crippen molar-refractivity contribution in [2.45, 2.75) is 12.7 Å². The first-order valence-electron chi connectivity index (χ1n) is 8.76. The maximum Gasteiger partial charge on any atom is 0.332 e. The number of carbonyl (C=O) groups excluding carboxylic acids is 1. The molecule has 0 aliphatic carbocycles. The number of rotatable bonds is 8. The minimum absolute atomic E-state index is 0.127. The number of hydrogen-bond acceptors (Lipinski definition) is 4. The van der Waals surface area contributed by atoms with Crippen molar-refractivity contribution in [2.24, 2.45) is 0 Å². The van der Waals surface area contributed by atoms with E-state index in [0.29, 0.717) is 0 Å². The van der Waals surface area contributed by atoms with E-state index in [2.05, 4.69) is 0 Å². The molecule has 4 heteroatoms. The summed E-state index contributed by atoms with van der Waals surface area (Å²) in [4.78, 5) is 12.2. The third kappa shape index (κ3) is 5.43. The Kier molecular flexibility index (Phi) is 6.61. The summed E-state index contributed by atoms with van der Waals surface area (Å²) in [5.41, 5.74) is 2.85. The van der Waals surface area contributed by atoms with E-state index in [4.69, 9.17) is 14.2 Å². The van der Waals surface area contributed by atoms with Gasteiger partial charge in [0, 0.05) is 0 Å². The lowest BCUT2D eigenvalue weighted by Gasteiger charge is -2.18. The molecule has 0 N–H and O–H groups in total. The number of esters is 1. The highest BCUT2D eigenvalue weighted by molar-refractivity contribution is 5.70. The van der Waals surface area contributed by atoms with Gasteiger partial charge in [0.05, 0.1) is 7.11 Å². The van der Waals surface area contributed by atoms with Gasteiger partial charge in [-0.25, -0.2) is 4.79 Å². The summed E-state index contributed by atoms with van der Waals surface area (Å²) in [6.45, 7) is 0.0547. The molecule has 0 amide bonds. The van der Waals surface area contributed by atoms with Crippen LogP contribution in [-0.4, -0.2) is 19.7 Å².